The van der Waals surface area contributed by atoms with Crippen LogP contribution in [0, 0.1) is 11.8 Å². The zero-order valence-corrected chi connectivity index (χ0v) is 9.85. The first-order chi connectivity index (χ1) is 8.59. The fourth-order valence-electron chi connectivity index (χ4n) is 2.47. The van der Waals surface area contributed by atoms with Crippen LogP contribution in [-0.4, -0.2) is 35.5 Å². The Labute approximate surface area is 104 Å². The normalized spacial score (nSPS) is 31.8. The van der Waals surface area contributed by atoms with Gasteiger partial charge in [0.2, 0.25) is 5.91 Å². The van der Waals surface area contributed by atoms with Gasteiger partial charge in [-0.2, -0.15) is 0 Å². The largest absolute Gasteiger partial charge is 0.481 e. The quantitative estimate of drug-likeness (QED) is 0.627. The maximum absolute atomic E-state index is 12.0. The molecule has 18 heavy (non-hydrogen) atoms. The maximum Gasteiger partial charge on any atom is 0.307 e. The molecule has 3 N–H and O–H groups in total. The molecule has 0 aromatic rings. The minimum absolute atomic E-state index is 0.0784. The summed E-state index contributed by atoms with van der Waals surface area (Å²) in [7, 11) is 0. The van der Waals surface area contributed by atoms with Crippen molar-refractivity contribution in [3.8, 4) is 0 Å². The van der Waals surface area contributed by atoms with Crippen molar-refractivity contribution in [1.82, 2.24) is 10.8 Å². The van der Waals surface area contributed by atoms with Gasteiger partial charge >= 0.3 is 5.97 Å². The Kier molecular flexibility index (Phi) is 3.81. The first-order valence-corrected chi connectivity index (χ1v) is 6.04. The highest BCUT2D eigenvalue weighted by molar-refractivity contribution is 5.90. The number of carboxylic acids is 1. The molecule has 0 aromatic carbocycles. The predicted molar refractivity (Wildman–Crippen MR) is 59.1 cm³/mol. The first-order valence-electron chi connectivity index (χ1n) is 6.04. The average molecular weight is 256 g/mol. The molecule has 3 atom stereocenters. The van der Waals surface area contributed by atoms with E-state index in [0.717, 1.165) is 12.8 Å². The topological polar surface area (TPSA) is 105 Å². The second-order valence-corrected chi connectivity index (χ2v) is 4.67. The van der Waals surface area contributed by atoms with Crippen LogP contribution >= 0.6 is 0 Å². The Morgan fingerprint density at radius 1 is 1.28 bits per heavy atom. The van der Waals surface area contributed by atoms with Gasteiger partial charge in [0.25, 0.3) is 5.91 Å². The molecule has 2 aliphatic rings. The van der Waals surface area contributed by atoms with Gasteiger partial charge in [-0.15, -0.1) is 0 Å². The van der Waals surface area contributed by atoms with E-state index in [-0.39, 0.29) is 12.5 Å². The molecule has 0 radical (unpaired) electrons. The van der Waals surface area contributed by atoms with Crippen LogP contribution in [0.4, 0.5) is 0 Å². The van der Waals surface area contributed by atoms with Gasteiger partial charge in [-0.3, -0.25) is 19.2 Å². The second kappa shape index (κ2) is 5.34. The van der Waals surface area contributed by atoms with Gasteiger partial charge in [0, 0.05) is 0 Å². The van der Waals surface area contributed by atoms with Crippen LogP contribution in [-0.2, 0) is 19.2 Å². The SMILES string of the molecule is O=C(O)[C@H]1CCCC[C@H]1C(=O)N[C@@H]1CONC1=O. The summed E-state index contributed by atoms with van der Waals surface area (Å²) in [6.07, 6.45) is 2.74. The Morgan fingerprint density at radius 3 is 2.50 bits per heavy atom. The van der Waals surface area contributed by atoms with Crippen molar-refractivity contribution in [2.75, 3.05) is 6.61 Å². The summed E-state index contributed by atoms with van der Waals surface area (Å²) < 4.78 is 0. The molecule has 1 aliphatic carbocycles. The van der Waals surface area contributed by atoms with Crippen LogP contribution in [0.1, 0.15) is 25.7 Å². The van der Waals surface area contributed by atoms with Crippen LogP contribution < -0.4 is 10.8 Å². The van der Waals surface area contributed by atoms with Crippen LogP contribution in [0.5, 0.6) is 0 Å². The fraction of sp³-hybridized carbons (Fsp3) is 0.727. The highest BCUT2D eigenvalue weighted by atomic mass is 16.7. The molecule has 0 unspecified atom stereocenters. The van der Waals surface area contributed by atoms with E-state index < -0.39 is 29.8 Å². The number of hydrogen-bond donors (Lipinski definition) is 3. The monoisotopic (exact) mass is 256 g/mol. The van der Waals surface area contributed by atoms with Gasteiger partial charge in [-0.1, -0.05) is 12.8 Å². The molecule has 1 heterocycles. The van der Waals surface area contributed by atoms with Crippen molar-refractivity contribution in [1.29, 1.82) is 0 Å². The number of carbonyl (C=O) groups is 3. The third-order valence-electron chi connectivity index (χ3n) is 3.48. The Bertz CT molecular complexity index is 370. The van der Waals surface area contributed by atoms with Gasteiger partial charge in [-0.05, 0) is 12.8 Å². The van der Waals surface area contributed by atoms with Crippen LogP contribution in [0.2, 0.25) is 0 Å². The highest BCUT2D eigenvalue weighted by Crippen LogP contribution is 2.30. The molecule has 1 saturated carbocycles. The minimum atomic E-state index is -0.943. The lowest BCUT2D eigenvalue weighted by molar-refractivity contribution is -0.149. The second-order valence-electron chi connectivity index (χ2n) is 4.67. The van der Waals surface area contributed by atoms with Gasteiger partial charge in [0.1, 0.15) is 12.6 Å². The summed E-state index contributed by atoms with van der Waals surface area (Å²) in [5.74, 6) is -2.91. The zero-order valence-electron chi connectivity index (χ0n) is 9.85. The summed E-state index contributed by atoms with van der Waals surface area (Å²) >= 11 is 0. The zero-order chi connectivity index (χ0) is 13.1. The fourth-order valence-corrected chi connectivity index (χ4v) is 2.47. The van der Waals surface area contributed by atoms with E-state index in [4.69, 9.17) is 9.94 Å². The van der Waals surface area contributed by atoms with E-state index in [1.54, 1.807) is 0 Å². The third-order valence-corrected chi connectivity index (χ3v) is 3.48. The third kappa shape index (κ3) is 2.61. The lowest BCUT2D eigenvalue weighted by atomic mass is 9.78. The summed E-state index contributed by atoms with van der Waals surface area (Å²) in [4.78, 5) is 39.0. The number of amides is 2. The van der Waals surface area contributed by atoms with Crippen LogP contribution in [0.25, 0.3) is 0 Å². The molecular formula is C11H16N2O5. The van der Waals surface area contributed by atoms with E-state index in [1.807, 2.05) is 0 Å². The summed E-state index contributed by atoms with van der Waals surface area (Å²) in [6, 6.07) is -0.714. The predicted octanol–water partition coefficient (Wildman–Crippen LogP) is -0.576. The van der Waals surface area contributed by atoms with E-state index in [2.05, 4.69) is 10.8 Å². The Morgan fingerprint density at radius 2 is 1.94 bits per heavy atom. The minimum Gasteiger partial charge on any atom is -0.481 e. The number of aliphatic carboxylic acids is 1. The van der Waals surface area contributed by atoms with Gasteiger partial charge in [-0.25, -0.2) is 5.48 Å². The Hall–Kier alpha value is -1.63. The molecule has 2 fully saturated rings. The molecule has 0 bridgehead atoms. The Balaban J connectivity index is 1.97. The lowest BCUT2D eigenvalue weighted by Gasteiger charge is -2.28. The van der Waals surface area contributed by atoms with Crippen molar-refractivity contribution in [2.45, 2.75) is 31.7 Å². The van der Waals surface area contributed by atoms with Crippen LogP contribution in [0.3, 0.4) is 0 Å². The molecule has 0 spiro atoms. The molecule has 100 valence electrons. The highest BCUT2D eigenvalue weighted by Gasteiger charge is 2.38. The standard InChI is InChI=1S/C11H16N2O5/c14-9(12-8-5-18-13-10(8)15)6-3-1-2-4-7(6)11(16)17/h6-8H,1-5H2,(H,12,14)(H,13,15)(H,16,17)/t6-,7+,8-/m1/s1. The molecule has 1 aliphatic heterocycles. The molecule has 0 aromatic heterocycles. The molecular weight excluding hydrogens is 240 g/mol. The van der Waals surface area contributed by atoms with Crippen molar-refractivity contribution in [3.63, 3.8) is 0 Å². The van der Waals surface area contributed by atoms with Crippen molar-refractivity contribution in [3.05, 3.63) is 0 Å². The lowest BCUT2D eigenvalue weighted by Crippen LogP contribution is -2.47. The van der Waals surface area contributed by atoms with Gasteiger partial charge < -0.3 is 10.4 Å². The van der Waals surface area contributed by atoms with E-state index in [9.17, 15) is 14.4 Å². The number of rotatable bonds is 3. The summed E-state index contributed by atoms with van der Waals surface area (Å²) in [5, 5.41) is 11.6. The first kappa shape index (κ1) is 12.8. The van der Waals surface area contributed by atoms with Crippen molar-refractivity contribution < 1.29 is 24.3 Å². The molecule has 7 nitrogen and oxygen atoms in total. The number of hydroxylamine groups is 1. The average Bonchev–Trinajstić information content (AvgIpc) is 2.75. The molecule has 2 amide bonds. The van der Waals surface area contributed by atoms with Crippen LogP contribution in [0.15, 0.2) is 0 Å². The van der Waals surface area contributed by atoms with Gasteiger partial charge in [0.15, 0.2) is 0 Å². The van der Waals surface area contributed by atoms with Crippen molar-refractivity contribution >= 4 is 17.8 Å². The number of hydrogen-bond acceptors (Lipinski definition) is 4. The summed E-state index contributed by atoms with van der Waals surface area (Å²) in [6.45, 7) is 0.0784. The van der Waals surface area contributed by atoms with E-state index >= 15 is 0 Å². The number of nitrogens with one attached hydrogen (secondary N) is 2. The van der Waals surface area contributed by atoms with E-state index in [1.165, 1.54) is 0 Å². The molecule has 1 saturated heterocycles. The molecule has 2 rings (SSSR count). The van der Waals surface area contributed by atoms with E-state index in [0.29, 0.717) is 12.8 Å². The number of carbonyl (C=O) groups excluding carboxylic acids is 2. The summed E-state index contributed by atoms with van der Waals surface area (Å²) in [5.41, 5.74) is 2.14. The van der Waals surface area contributed by atoms with Crippen molar-refractivity contribution in [2.24, 2.45) is 11.8 Å². The van der Waals surface area contributed by atoms with Gasteiger partial charge in [0.05, 0.1) is 11.8 Å². The maximum atomic E-state index is 12.0. The molecule has 7 heteroatoms. The number of carboxylic acid groups (broad SMARTS) is 1. The smallest absolute Gasteiger partial charge is 0.307 e.